The number of imide groups is 1. The zero-order valence-corrected chi connectivity index (χ0v) is 21.1. The Kier molecular flexibility index (Phi) is 8.37. The lowest BCUT2D eigenvalue weighted by Gasteiger charge is -2.14. The summed E-state index contributed by atoms with van der Waals surface area (Å²) < 4.78 is 41.4. The number of amides is 3. The number of carbonyl (C=O) groups excluding carboxylic acids is 4. The van der Waals surface area contributed by atoms with Gasteiger partial charge in [0.25, 0.3) is 11.1 Å². The topological polar surface area (TPSA) is 145 Å². The van der Waals surface area contributed by atoms with E-state index in [2.05, 4.69) is 5.32 Å². The van der Waals surface area contributed by atoms with Crippen LogP contribution in [-0.2, 0) is 29.2 Å². The fourth-order valence-corrected chi connectivity index (χ4v) is 4.87. The largest absolute Gasteiger partial charge is 0.493 e. The first-order valence-corrected chi connectivity index (χ1v) is 12.7. The Morgan fingerprint density at radius 1 is 1.11 bits per heavy atom. The van der Waals surface area contributed by atoms with Gasteiger partial charge in [-0.2, -0.15) is 8.42 Å². The molecule has 1 aliphatic rings. The van der Waals surface area contributed by atoms with E-state index < -0.39 is 33.8 Å². The summed E-state index contributed by atoms with van der Waals surface area (Å²) >= 11 is 0.590. The number of para-hydroxylation sites is 1. The highest BCUT2D eigenvalue weighted by atomic mass is 32.2. The van der Waals surface area contributed by atoms with Crippen LogP contribution in [0.2, 0.25) is 0 Å². The molecular formula is C23H22N2O9S2. The van der Waals surface area contributed by atoms with Crippen molar-refractivity contribution >= 4 is 56.7 Å². The number of rotatable bonds is 9. The van der Waals surface area contributed by atoms with Crippen molar-refractivity contribution in [3.8, 4) is 11.5 Å². The van der Waals surface area contributed by atoms with Crippen molar-refractivity contribution in [2.45, 2.75) is 18.7 Å². The Hall–Kier alpha value is -3.84. The van der Waals surface area contributed by atoms with Crippen LogP contribution in [0, 0.1) is 0 Å². The van der Waals surface area contributed by atoms with Crippen molar-refractivity contribution < 1.29 is 41.3 Å². The number of carbonyl (C=O) groups is 4. The monoisotopic (exact) mass is 534 g/mol. The van der Waals surface area contributed by atoms with Crippen LogP contribution in [0.15, 0.2) is 52.3 Å². The van der Waals surface area contributed by atoms with Crippen molar-refractivity contribution in [1.82, 2.24) is 4.90 Å². The molecule has 3 rings (SSSR count). The van der Waals surface area contributed by atoms with Crippen LogP contribution in [0.25, 0.3) is 6.08 Å². The first kappa shape index (κ1) is 26.8. The first-order chi connectivity index (χ1) is 17.1. The Balaban J connectivity index is 1.92. The molecule has 0 aliphatic carbocycles. The number of nitrogens with zero attached hydrogens (tertiary/aromatic N) is 1. The van der Waals surface area contributed by atoms with E-state index in [0.717, 1.165) is 4.90 Å². The van der Waals surface area contributed by atoms with Crippen LogP contribution in [-0.4, -0.2) is 56.6 Å². The number of nitrogens with one attached hydrogen (secondary N) is 1. The smallest absolute Gasteiger partial charge is 0.339 e. The molecule has 0 atom stereocenters. The van der Waals surface area contributed by atoms with Crippen LogP contribution in [0.1, 0.15) is 19.4 Å². The molecule has 1 aliphatic heterocycles. The second-order valence-electron chi connectivity index (χ2n) is 7.19. The maximum Gasteiger partial charge on any atom is 0.339 e. The molecule has 13 heteroatoms. The number of benzene rings is 2. The molecule has 0 spiro atoms. The SMILES string of the molecule is CCOC(=O)CN1C(=O)S/C(=C\c2cccc(OC)c2OS(=O)(=O)c2ccc(NC(C)=O)cc2)C1=O. The summed E-state index contributed by atoms with van der Waals surface area (Å²) in [5, 5.41) is 1.86. The zero-order chi connectivity index (χ0) is 26.5. The van der Waals surface area contributed by atoms with Gasteiger partial charge in [-0.1, -0.05) is 12.1 Å². The minimum atomic E-state index is -4.36. The normalized spacial score (nSPS) is 14.6. The molecule has 0 unspecified atom stereocenters. The van der Waals surface area contributed by atoms with Crippen molar-refractivity contribution in [3.63, 3.8) is 0 Å². The van der Waals surface area contributed by atoms with Crippen LogP contribution in [0.5, 0.6) is 11.5 Å². The third-order valence-electron chi connectivity index (χ3n) is 4.64. The summed E-state index contributed by atoms with van der Waals surface area (Å²) in [6, 6.07) is 9.82. The van der Waals surface area contributed by atoms with Gasteiger partial charge in [-0.05, 0) is 55.1 Å². The number of esters is 1. The van der Waals surface area contributed by atoms with Gasteiger partial charge >= 0.3 is 16.1 Å². The van der Waals surface area contributed by atoms with Crippen LogP contribution in [0.4, 0.5) is 10.5 Å². The first-order valence-electron chi connectivity index (χ1n) is 10.5. The molecule has 2 aromatic carbocycles. The summed E-state index contributed by atoms with van der Waals surface area (Å²) in [4.78, 5) is 48.4. The average molecular weight is 535 g/mol. The Labute approximate surface area is 211 Å². The molecule has 36 heavy (non-hydrogen) atoms. The predicted molar refractivity (Wildman–Crippen MR) is 131 cm³/mol. The van der Waals surface area contributed by atoms with Gasteiger partial charge in [0.05, 0.1) is 18.6 Å². The average Bonchev–Trinajstić information content (AvgIpc) is 3.07. The predicted octanol–water partition coefficient (Wildman–Crippen LogP) is 3.02. The molecule has 190 valence electrons. The molecule has 1 heterocycles. The Morgan fingerprint density at radius 2 is 1.81 bits per heavy atom. The minimum absolute atomic E-state index is 0.0422. The van der Waals surface area contributed by atoms with Gasteiger partial charge in [0.15, 0.2) is 11.5 Å². The van der Waals surface area contributed by atoms with Crippen molar-refractivity contribution in [2.75, 3.05) is 25.6 Å². The zero-order valence-electron chi connectivity index (χ0n) is 19.5. The second kappa shape index (κ2) is 11.3. The van der Waals surface area contributed by atoms with Gasteiger partial charge in [0.2, 0.25) is 5.91 Å². The lowest BCUT2D eigenvalue weighted by molar-refractivity contribution is -0.146. The molecule has 11 nitrogen and oxygen atoms in total. The number of anilines is 1. The second-order valence-corrected chi connectivity index (χ2v) is 9.73. The summed E-state index contributed by atoms with van der Waals surface area (Å²) in [6.45, 7) is 2.48. The minimum Gasteiger partial charge on any atom is -0.493 e. The molecule has 0 radical (unpaired) electrons. The van der Waals surface area contributed by atoms with E-state index in [0.29, 0.717) is 17.4 Å². The highest BCUT2D eigenvalue weighted by Gasteiger charge is 2.37. The fourth-order valence-electron chi connectivity index (χ4n) is 3.08. The molecule has 3 amide bonds. The van der Waals surface area contributed by atoms with E-state index in [1.807, 2.05) is 0 Å². The molecule has 0 aromatic heterocycles. The maximum atomic E-state index is 13.0. The van der Waals surface area contributed by atoms with E-state index in [-0.39, 0.29) is 39.4 Å². The number of ether oxygens (including phenoxy) is 2. The Bertz CT molecular complexity index is 1340. The van der Waals surface area contributed by atoms with E-state index in [1.165, 1.54) is 56.5 Å². The van der Waals surface area contributed by atoms with Gasteiger partial charge in [-0.15, -0.1) is 0 Å². The molecule has 1 saturated heterocycles. The number of thioether (sulfide) groups is 1. The standard InChI is InChI=1S/C23H22N2O9S2/c1-4-33-20(27)13-25-22(28)19(35-23(25)29)12-15-6-5-7-18(32-3)21(15)34-36(30,31)17-10-8-16(9-11-17)24-14(2)26/h5-12H,4,13H2,1-3H3,(H,24,26)/b19-12-. The van der Waals surface area contributed by atoms with E-state index in [4.69, 9.17) is 13.7 Å². The van der Waals surface area contributed by atoms with Crippen LogP contribution < -0.4 is 14.2 Å². The van der Waals surface area contributed by atoms with Crippen molar-refractivity contribution in [1.29, 1.82) is 0 Å². The number of hydrogen-bond acceptors (Lipinski definition) is 10. The molecular weight excluding hydrogens is 512 g/mol. The molecule has 0 bridgehead atoms. The van der Waals surface area contributed by atoms with Crippen LogP contribution >= 0.6 is 11.8 Å². The lowest BCUT2D eigenvalue weighted by atomic mass is 10.1. The summed E-state index contributed by atoms with van der Waals surface area (Å²) in [7, 11) is -3.04. The third kappa shape index (κ3) is 6.23. The molecule has 1 fully saturated rings. The van der Waals surface area contributed by atoms with Gasteiger partial charge in [-0.25, -0.2) is 0 Å². The molecule has 0 saturated carbocycles. The third-order valence-corrected chi connectivity index (χ3v) is 6.78. The lowest BCUT2D eigenvalue weighted by Crippen LogP contribution is -2.34. The number of methoxy groups -OCH3 is 1. The highest BCUT2D eigenvalue weighted by Crippen LogP contribution is 2.38. The summed E-state index contributed by atoms with van der Waals surface area (Å²) in [6.07, 6.45) is 1.28. The quantitative estimate of drug-likeness (QED) is 0.289. The van der Waals surface area contributed by atoms with Gasteiger partial charge in [0, 0.05) is 18.2 Å². The van der Waals surface area contributed by atoms with E-state index in [9.17, 15) is 27.6 Å². The highest BCUT2D eigenvalue weighted by molar-refractivity contribution is 8.18. The van der Waals surface area contributed by atoms with Gasteiger partial charge in [-0.3, -0.25) is 24.1 Å². The molecule has 2 aromatic rings. The number of hydrogen-bond donors (Lipinski definition) is 1. The van der Waals surface area contributed by atoms with Gasteiger partial charge in [0.1, 0.15) is 11.4 Å². The van der Waals surface area contributed by atoms with Crippen molar-refractivity contribution in [3.05, 3.63) is 52.9 Å². The van der Waals surface area contributed by atoms with Gasteiger partial charge < -0.3 is 19.0 Å². The van der Waals surface area contributed by atoms with E-state index >= 15 is 0 Å². The van der Waals surface area contributed by atoms with E-state index in [1.54, 1.807) is 13.0 Å². The fraction of sp³-hybridized carbons (Fsp3) is 0.217. The van der Waals surface area contributed by atoms with Crippen molar-refractivity contribution in [2.24, 2.45) is 0 Å². The maximum absolute atomic E-state index is 13.0. The summed E-state index contributed by atoms with van der Waals surface area (Å²) in [5.74, 6) is -1.92. The summed E-state index contributed by atoms with van der Waals surface area (Å²) in [5.41, 5.74) is 0.549. The Morgan fingerprint density at radius 3 is 2.42 bits per heavy atom. The van der Waals surface area contributed by atoms with Crippen LogP contribution in [0.3, 0.4) is 0 Å². The molecule has 1 N–H and O–H groups in total.